The molecule has 0 spiro atoms. The number of rotatable bonds is 0. The standard InChI is InChI=1S/2C9H11.C2H4.ClH.Zr/c2*1-2-5-9-7-3-6-8(9)4-1;1-2;;/h2*1-2,4,6,9H,3,5,7H2;1H,2H3;1H;/q2*-1;;;/p-1. The van der Waals surface area contributed by atoms with Crippen molar-refractivity contribution >= 4 is 3.71 Å². The quantitative estimate of drug-likeness (QED) is 0.555. The summed E-state index contributed by atoms with van der Waals surface area (Å²) in [5.74, 6) is 1.77. The van der Waals surface area contributed by atoms with Gasteiger partial charge in [-0.15, -0.1) is 37.1 Å². The van der Waals surface area contributed by atoms with Crippen LogP contribution in [-0.2, 0) is 24.2 Å². The van der Waals surface area contributed by atoms with Crippen molar-refractivity contribution < 1.29 is 36.6 Å². The van der Waals surface area contributed by atoms with Gasteiger partial charge in [0.2, 0.25) is 0 Å². The van der Waals surface area contributed by atoms with Crippen LogP contribution in [0, 0.1) is 24.7 Å². The number of fused-ring (bicyclic) bond motifs is 2. The second-order valence-corrected chi connectivity index (χ2v) is 7.33. The van der Waals surface area contributed by atoms with Gasteiger partial charge in [0.25, 0.3) is 0 Å². The molecular formula is C20H26ClZr-3. The minimum absolute atomic E-state index is 0. The Kier molecular flexibility index (Phi) is 10.2. The largest absolute Gasteiger partial charge is 1.00 e. The maximum Gasteiger partial charge on any atom is -1.00 e. The number of hydrogen-bond acceptors (Lipinski definition) is 0. The molecule has 4 aliphatic rings. The summed E-state index contributed by atoms with van der Waals surface area (Å²) in [5, 5.41) is 0. The Hall–Kier alpha value is -0.257. The molecule has 0 bridgehead atoms. The SMILES string of the molecule is C1=CCC2CC[CH-]C2=C1.C1=CCC2CC[CH-]C2=C1.C[CH]=[Zr].[Cl-]. The second-order valence-electron chi connectivity index (χ2n) is 5.91. The molecule has 2 unspecified atom stereocenters. The zero-order valence-electron chi connectivity index (χ0n) is 13.5. The Morgan fingerprint density at radius 2 is 1.36 bits per heavy atom. The van der Waals surface area contributed by atoms with Crippen molar-refractivity contribution in [3.63, 3.8) is 0 Å². The van der Waals surface area contributed by atoms with Gasteiger partial charge in [0.15, 0.2) is 0 Å². The van der Waals surface area contributed by atoms with E-state index in [4.69, 9.17) is 0 Å². The molecule has 0 amide bonds. The van der Waals surface area contributed by atoms with Crippen LogP contribution in [-0.4, -0.2) is 3.71 Å². The van der Waals surface area contributed by atoms with Crippen molar-refractivity contribution in [3.05, 3.63) is 60.4 Å². The number of hydrogen-bond donors (Lipinski definition) is 0. The van der Waals surface area contributed by atoms with E-state index in [-0.39, 0.29) is 12.4 Å². The van der Waals surface area contributed by atoms with E-state index < -0.39 is 0 Å². The van der Waals surface area contributed by atoms with Crippen LogP contribution in [0.1, 0.15) is 45.4 Å². The van der Waals surface area contributed by atoms with Crippen LogP contribution in [0.5, 0.6) is 0 Å². The first-order valence-electron chi connectivity index (χ1n) is 8.20. The van der Waals surface area contributed by atoms with Gasteiger partial charge in [-0.2, -0.15) is 0 Å². The average Bonchev–Trinajstić information content (AvgIpc) is 3.17. The molecule has 0 aromatic carbocycles. The topological polar surface area (TPSA) is 0 Å². The monoisotopic (exact) mass is 391 g/mol. The van der Waals surface area contributed by atoms with Crippen LogP contribution in [0.15, 0.2) is 47.6 Å². The van der Waals surface area contributed by atoms with Crippen molar-refractivity contribution in [2.75, 3.05) is 0 Å². The second kappa shape index (κ2) is 11.3. The third-order valence-corrected chi connectivity index (χ3v) is 4.42. The Labute approximate surface area is 157 Å². The Morgan fingerprint density at radius 3 is 1.73 bits per heavy atom. The Morgan fingerprint density at radius 1 is 0.955 bits per heavy atom. The van der Waals surface area contributed by atoms with Crippen LogP contribution >= 0.6 is 0 Å². The summed E-state index contributed by atoms with van der Waals surface area (Å²) in [6.45, 7) is 2.04. The first kappa shape index (κ1) is 19.8. The molecule has 2 fully saturated rings. The van der Waals surface area contributed by atoms with Crippen LogP contribution < -0.4 is 12.4 Å². The molecule has 2 saturated carbocycles. The third-order valence-electron chi connectivity index (χ3n) is 4.42. The van der Waals surface area contributed by atoms with Gasteiger partial charge in [0, 0.05) is 0 Å². The van der Waals surface area contributed by atoms with Crippen molar-refractivity contribution in [2.24, 2.45) is 11.8 Å². The van der Waals surface area contributed by atoms with E-state index in [9.17, 15) is 0 Å². The fourth-order valence-corrected chi connectivity index (χ4v) is 3.33. The molecule has 4 aliphatic carbocycles. The average molecular weight is 393 g/mol. The first-order chi connectivity index (χ1) is 10.3. The molecule has 22 heavy (non-hydrogen) atoms. The summed E-state index contributed by atoms with van der Waals surface area (Å²) in [4.78, 5) is 0. The van der Waals surface area contributed by atoms with E-state index in [1.165, 1.54) is 62.8 Å². The predicted molar refractivity (Wildman–Crippen MR) is 89.5 cm³/mol. The normalized spacial score (nSPS) is 26.0. The van der Waals surface area contributed by atoms with E-state index in [0.29, 0.717) is 0 Å². The molecule has 0 aromatic rings. The zero-order chi connectivity index (χ0) is 14.9. The Balaban J connectivity index is 0.000000181. The molecule has 0 N–H and O–H groups in total. The Bertz CT molecular complexity index is 416. The molecule has 4 rings (SSSR count). The molecule has 0 saturated heterocycles. The summed E-state index contributed by atoms with van der Waals surface area (Å²) in [7, 11) is 0. The van der Waals surface area contributed by atoms with Crippen molar-refractivity contribution in [2.45, 2.75) is 45.4 Å². The van der Waals surface area contributed by atoms with Gasteiger partial charge in [0.05, 0.1) is 0 Å². The molecule has 0 heterocycles. The van der Waals surface area contributed by atoms with Crippen LogP contribution in [0.4, 0.5) is 0 Å². The molecular weight excluding hydrogens is 367 g/mol. The van der Waals surface area contributed by atoms with E-state index in [2.05, 4.69) is 53.0 Å². The van der Waals surface area contributed by atoms with E-state index in [0.717, 1.165) is 11.8 Å². The molecule has 0 aromatic heterocycles. The predicted octanol–water partition coefficient (Wildman–Crippen LogP) is 2.33. The minimum Gasteiger partial charge on any atom is -1.00 e. The van der Waals surface area contributed by atoms with E-state index in [1.54, 1.807) is 11.1 Å². The van der Waals surface area contributed by atoms with E-state index >= 15 is 0 Å². The third kappa shape index (κ3) is 6.09. The van der Waals surface area contributed by atoms with Gasteiger partial charge in [-0.1, -0.05) is 12.8 Å². The van der Waals surface area contributed by atoms with Crippen molar-refractivity contribution in [1.82, 2.24) is 0 Å². The van der Waals surface area contributed by atoms with Crippen molar-refractivity contribution in [1.29, 1.82) is 0 Å². The smallest absolute Gasteiger partial charge is 1.00 e. The molecule has 0 aliphatic heterocycles. The summed E-state index contributed by atoms with van der Waals surface area (Å²) in [5.41, 5.74) is 3.16. The summed E-state index contributed by atoms with van der Waals surface area (Å²) < 4.78 is 2.09. The molecule has 0 radical (unpaired) electrons. The maximum atomic E-state index is 2.37. The van der Waals surface area contributed by atoms with Crippen LogP contribution in [0.3, 0.4) is 0 Å². The van der Waals surface area contributed by atoms with Gasteiger partial charge >= 0.3 is 34.9 Å². The summed E-state index contributed by atoms with van der Waals surface area (Å²) >= 11 is 1.51. The fourth-order valence-electron chi connectivity index (χ4n) is 3.33. The maximum absolute atomic E-state index is 2.37. The number of allylic oxidation sites excluding steroid dienone is 8. The fraction of sp³-hybridized carbons (Fsp3) is 0.450. The van der Waals surface area contributed by atoms with Gasteiger partial charge in [-0.05, 0) is 24.7 Å². The van der Waals surface area contributed by atoms with Crippen LogP contribution in [0.2, 0.25) is 0 Å². The van der Waals surface area contributed by atoms with Gasteiger partial charge in [-0.25, -0.2) is 36.1 Å². The minimum atomic E-state index is 0. The van der Waals surface area contributed by atoms with Crippen molar-refractivity contribution in [3.8, 4) is 0 Å². The van der Waals surface area contributed by atoms with Gasteiger partial charge in [0.1, 0.15) is 0 Å². The molecule has 2 heteroatoms. The van der Waals surface area contributed by atoms with Gasteiger partial charge < -0.3 is 12.4 Å². The molecule has 2 atom stereocenters. The number of halogens is 1. The zero-order valence-corrected chi connectivity index (χ0v) is 16.7. The molecule has 0 nitrogen and oxygen atoms in total. The first-order valence-corrected chi connectivity index (χ1v) is 9.62. The molecule has 120 valence electrons. The van der Waals surface area contributed by atoms with Gasteiger partial charge in [-0.3, -0.25) is 0 Å². The summed E-state index contributed by atoms with van der Waals surface area (Å²) in [6.07, 6.45) is 26.1. The van der Waals surface area contributed by atoms with Crippen LogP contribution in [0.25, 0.3) is 0 Å². The van der Waals surface area contributed by atoms with E-state index in [1.807, 2.05) is 6.92 Å². The summed E-state index contributed by atoms with van der Waals surface area (Å²) in [6, 6.07) is 0.